The zero-order valence-corrected chi connectivity index (χ0v) is 15.0. The van der Waals surface area contributed by atoms with Crippen molar-refractivity contribution < 1.29 is 5.11 Å². The molecule has 3 aromatic rings. The molecular formula is C21H19AsO. The van der Waals surface area contributed by atoms with Crippen molar-refractivity contribution in [2.45, 2.75) is 6.92 Å². The maximum absolute atomic E-state index is 12.2. The van der Waals surface area contributed by atoms with Gasteiger partial charge in [-0.05, 0) is 0 Å². The van der Waals surface area contributed by atoms with E-state index in [2.05, 4.69) is 72.8 Å². The molecule has 0 amide bonds. The summed E-state index contributed by atoms with van der Waals surface area (Å²) in [6.07, 6.45) is 0. The fourth-order valence-corrected chi connectivity index (χ4v) is 10.9. The molecule has 0 radical (unpaired) electrons. The summed E-state index contributed by atoms with van der Waals surface area (Å²) in [4.78, 5) is 2.00. The molecular weight excluding hydrogens is 343 g/mol. The third-order valence-electron chi connectivity index (χ3n) is 3.87. The molecule has 0 bridgehead atoms. The van der Waals surface area contributed by atoms with Gasteiger partial charge in [0.05, 0.1) is 0 Å². The average Bonchev–Trinajstić information content (AvgIpc) is 2.62. The fourth-order valence-electron chi connectivity index (χ4n) is 2.93. The quantitative estimate of drug-likeness (QED) is 0.514. The van der Waals surface area contributed by atoms with Crippen LogP contribution >= 0.6 is 0 Å². The van der Waals surface area contributed by atoms with Gasteiger partial charge < -0.3 is 0 Å². The molecule has 0 unspecified atom stereocenters. The molecule has 0 saturated carbocycles. The van der Waals surface area contributed by atoms with Gasteiger partial charge in [-0.3, -0.25) is 0 Å². The normalized spacial score (nSPS) is 12.1. The first-order valence-electron chi connectivity index (χ1n) is 7.65. The third kappa shape index (κ3) is 3.11. The van der Waals surface area contributed by atoms with Gasteiger partial charge >= 0.3 is 140 Å². The van der Waals surface area contributed by atoms with Gasteiger partial charge in [-0.2, -0.15) is 0 Å². The summed E-state index contributed by atoms with van der Waals surface area (Å²) >= 11 is -2.91. The minimum atomic E-state index is -2.91. The molecule has 1 nitrogen and oxygen atoms in total. The maximum atomic E-state index is 12.2. The van der Waals surface area contributed by atoms with Gasteiger partial charge in [-0.1, -0.05) is 0 Å². The number of rotatable bonds is 4. The van der Waals surface area contributed by atoms with Crippen LogP contribution in [0.1, 0.15) is 6.92 Å². The van der Waals surface area contributed by atoms with E-state index in [-0.39, 0.29) is 5.76 Å². The van der Waals surface area contributed by atoms with Crippen LogP contribution in [0.3, 0.4) is 0 Å². The van der Waals surface area contributed by atoms with Gasteiger partial charge in [-0.25, -0.2) is 0 Å². The second-order valence-corrected chi connectivity index (χ2v) is 12.3. The first-order valence-corrected chi connectivity index (χ1v) is 11.6. The van der Waals surface area contributed by atoms with Crippen LogP contribution in [0.5, 0.6) is 0 Å². The molecule has 2 heteroatoms. The summed E-state index contributed by atoms with van der Waals surface area (Å²) in [5.74, 6) is 0.133. The van der Waals surface area contributed by atoms with Crippen LogP contribution in [0.2, 0.25) is 0 Å². The number of hydrogen-bond acceptors (Lipinski definition) is 1. The van der Waals surface area contributed by atoms with Crippen molar-refractivity contribution in [3.63, 3.8) is 0 Å². The molecule has 3 aromatic carbocycles. The van der Waals surface area contributed by atoms with E-state index in [4.69, 9.17) is 0 Å². The molecule has 0 saturated heterocycles. The first kappa shape index (κ1) is 15.6. The minimum absolute atomic E-state index is 0.133. The van der Waals surface area contributed by atoms with Gasteiger partial charge in [0.25, 0.3) is 0 Å². The van der Waals surface area contributed by atoms with Crippen LogP contribution in [0.25, 0.3) is 0 Å². The topological polar surface area (TPSA) is 23.1 Å². The molecule has 0 heterocycles. The third-order valence-corrected chi connectivity index (χ3v) is 12.4. The van der Waals surface area contributed by atoms with E-state index >= 15 is 0 Å². The predicted molar refractivity (Wildman–Crippen MR) is 97.7 cm³/mol. The molecule has 0 aromatic heterocycles. The Hall–Kier alpha value is -2.24. The molecule has 0 fully saturated rings. The van der Waals surface area contributed by atoms with Crippen molar-refractivity contribution in [1.82, 2.24) is 0 Å². The Morgan fingerprint density at radius 1 is 0.652 bits per heavy atom. The summed E-state index contributed by atoms with van der Waals surface area (Å²) in [5.41, 5.74) is 0. The Kier molecular flexibility index (Phi) is 4.69. The van der Waals surface area contributed by atoms with Gasteiger partial charge in [0.2, 0.25) is 0 Å². The molecule has 0 N–H and O–H groups in total. The van der Waals surface area contributed by atoms with E-state index in [1.54, 1.807) is 6.92 Å². The van der Waals surface area contributed by atoms with E-state index in [9.17, 15) is 5.11 Å². The van der Waals surface area contributed by atoms with Gasteiger partial charge in [-0.15, -0.1) is 0 Å². The molecule has 3 rings (SSSR count). The zero-order chi connectivity index (χ0) is 16.1. The predicted octanol–water partition coefficient (Wildman–Crippen LogP) is 1.96. The van der Waals surface area contributed by atoms with Crippen molar-refractivity contribution in [2.75, 3.05) is 0 Å². The van der Waals surface area contributed by atoms with Crippen molar-refractivity contribution >= 4 is 26.6 Å². The summed E-state index contributed by atoms with van der Waals surface area (Å²) < 4.78 is 3.79. The van der Waals surface area contributed by atoms with Crippen LogP contribution in [-0.2, 0) is 0 Å². The molecule has 114 valence electrons. The van der Waals surface area contributed by atoms with Gasteiger partial charge in [0.15, 0.2) is 0 Å². The second kappa shape index (κ2) is 6.89. The van der Waals surface area contributed by atoms with E-state index in [1.807, 2.05) is 23.1 Å². The summed E-state index contributed by atoms with van der Waals surface area (Å²) in [6, 6.07) is 31.4. The van der Waals surface area contributed by atoms with Crippen molar-refractivity contribution in [2.24, 2.45) is 0 Å². The summed E-state index contributed by atoms with van der Waals surface area (Å²) in [5, 5.41) is 12.2. The Balaban J connectivity index is 2.38. The number of benzene rings is 3. The Morgan fingerprint density at radius 3 is 1.22 bits per heavy atom. The Labute approximate surface area is 140 Å². The van der Waals surface area contributed by atoms with Crippen LogP contribution in [0, 0.1) is 0 Å². The van der Waals surface area contributed by atoms with E-state index in [0.717, 1.165) is 0 Å². The molecule has 23 heavy (non-hydrogen) atoms. The van der Waals surface area contributed by atoms with E-state index in [0.29, 0.717) is 0 Å². The average molecular weight is 362 g/mol. The Morgan fingerprint density at radius 2 is 0.957 bits per heavy atom. The number of hydrogen-bond donors (Lipinski definition) is 0. The molecule has 0 aliphatic carbocycles. The standard InChI is InChI=1S/C21H19AsO/c1-18(23)17-22(19-11-5-2-6-12-19,20-13-7-3-8-14-20)21-15-9-4-10-16-21/h2-17H,1H3/b18-17-. The fraction of sp³-hybridized carbons (Fsp3) is 0.0476. The van der Waals surface area contributed by atoms with Crippen molar-refractivity contribution in [3.05, 3.63) is 102 Å². The summed E-state index contributed by atoms with van der Waals surface area (Å²) in [7, 11) is 0. The summed E-state index contributed by atoms with van der Waals surface area (Å²) in [6.45, 7) is 1.66. The second-order valence-electron chi connectivity index (χ2n) is 5.47. The molecule has 0 atom stereocenters. The van der Waals surface area contributed by atoms with Crippen molar-refractivity contribution in [3.8, 4) is 0 Å². The SMILES string of the molecule is C/C([O-])=C/[As+](c1ccccc1)(c1ccccc1)c1ccccc1. The first-order chi connectivity index (χ1) is 11.2. The van der Waals surface area contributed by atoms with E-state index < -0.39 is 13.6 Å². The monoisotopic (exact) mass is 362 g/mol. The van der Waals surface area contributed by atoms with Crippen LogP contribution in [0.15, 0.2) is 102 Å². The molecule has 0 aliphatic heterocycles. The Bertz CT molecular complexity index is 679. The van der Waals surface area contributed by atoms with Gasteiger partial charge in [0, 0.05) is 0 Å². The van der Waals surface area contributed by atoms with E-state index in [1.165, 1.54) is 13.1 Å². The van der Waals surface area contributed by atoms with Crippen LogP contribution < -0.4 is 18.2 Å². The van der Waals surface area contributed by atoms with Crippen LogP contribution in [-0.4, -0.2) is 13.6 Å². The number of allylic oxidation sites excluding steroid dienone is 1. The van der Waals surface area contributed by atoms with Gasteiger partial charge in [0.1, 0.15) is 0 Å². The van der Waals surface area contributed by atoms with Crippen LogP contribution in [0.4, 0.5) is 0 Å². The molecule has 0 spiro atoms. The van der Waals surface area contributed by atoms with Crippen molar-refractivity contribution in [1.29, 1.82) is 0 Å². The molecule has 0 aliphatic rings. The zero-order valence-electron chi connectivity index (χ0n) is 13.1.